The monoisotopic (exact) mass is 184 g/mol. The number of aliphatic carboxylic acids is 2. The van der Waals surface area contributed by atoms with E-state index in [9.17, 15) is 9.59 Å². The van der Waals surface area contributed by atoms with Gasteiger partial charge in [-0.2, -0.15) is 5.26 Å². The Morgan fingerprint density at radius 2 is 2.00 bits per heavy atom. The summed E-state index contributed by atoms with van der Waals surface area (Å²) in [5.74, 6) is -4.86. The van der Waals surface area contributed by atoms with Gasteiger partial charge in [0.05, 0.1) is 17.9 Å². The molecule has 1 rings (SSSR count). The number of carboxylic acid groups (broad SMARTS) is 2. The Kier molecular flexibility index (Phi) is 2.21. The summed E-state index contributed by atoms with van der Waals surface area (Å²) < 4.78 is 0. The van der Waals surface area contributed by atoms with Crippen LogP contribution in [0.15, 0.2) is 0 Å². The minimum Gasteiger partial charge on any atom is -0.481 e. The molecule has 0 aromatic rings. The highest BCUT2D eigenvalue weighted by atomic mass is 16.4. The van der Waals surface area contributed by atoms with Gasteiger partial charge in [0.2, 0.25) is 0 Å². The van der Waals surface area contributed by atoms with Crippen molar-refractivity contribution in [3.8, 4) is 6.07 Å². The maximum atomic E-state index is 10.5. The molecule has 0 saturated heterocycles. The van der Waals surface area contributed by atoms with Crippen LogP contribution < -0.4 is 5.73 Å². The second kappa shape index (κ2) is 3.03. The maximum absolute atomic E-state index is 10.5. The summed E-state index contributed by atoms with van der Waals surface area (Å²) in [4.78, 5) is 20.9. The van der Waals surface area contributed by atoms with Crippen LogP contribution in [0.1, 0.15) is 0 Å². The fourth-order valence-electron chi connectivity index (χ4n) is 1.43. The molecule has 0 heterocycles. The largest absolute Gasteiger partial charge is 0.481 e. The van der Waals surface area contributed by atoms with Gasteiger partial charge in [-0.15, -0.1) is 0 Å². The highest BCUT2D eigenvalue weighted by molar-refractivity contribution is 5.80. The topological polar surface area (TPSA) is 124 Å². The van der Waals surface area contributed by atoms with Gasteiger partial charge in [-0.05, 0) is 0 Å². The van der Waals surface area contributed by atoms with Crippen LogP contribution in [-0.4, -0.2) is 28.2 Å². The summed E-state index contributed by atoms with van der Waals surface area (Å²) in [6, 6.07) is 0.473. The molecule has 1 fully saturated rings. The van der Waals surface area contributed by atoms with Gasteiger partial charge in [-0.1, -0.05) is 0 Å². The zero-order valence-electron chi connectivity index (χ0n) is 6.54. The SMILES string of the molecule is N#CC1C(C(=O)O)C1[C@H](N)C(=O)O. The molecule has 3 unspecified atom stereocenters. The molecule has 4 atom stereocenters. The molecule has 1 aliphatic carbocycles. The van der Waals surface area contributed by atoms with Gasteiger partial charge in [-0.3, -0.25) is 9.59 Å². The third-order valence-corrected chi connectivity index (χ3v) is 2.21. The lowest BCUT2D eigenvalue weighted by atomic mass is 10.1. The summed E-state index contributed by atoms with van der Waals surface area (Å²) in [6.07, 6.45) is 0. The van der Waals surface area contributed by atoms with E-state index in [-0.39, 0.29) is 0 Å². The van der Waals surface area contributed by atoms with Crippen molar-refractivity contribution in [2.45, 2.75) is 6.04 Å². The maximum Gasteiger partial charge on any atom is 0.320 e. The fourth-order valence-corrected chi connectivity index (χ4v) is 1.43. The van der Waals surface area contributed by atoms with Crippen molar-refractivity contribution >= 4 is 11.9 Å². The normalized spacial score (nSPS) is 33.1. The van der Waals surface area contributed by atoms with E-state index in [0.717, 1.165) is 0 Å². The Labute approximate surface area is 73.6 Å². The number of nitrogens with two attached hydrogens (primary N) is 1. The summed E-state index contributed by atoms with van der Waals surface area (Å²) in [5, 5.41) is 25.5. The van der Waals surface area contributed by atoms with Crippen LogP contribution in [-0.2, 0) is 9.59 Å². The van der Waals surface area contributed by atoms with Crippen LogP contribution in [0.25, 0.3) is 0 Å². The van der Waals surface area contributed by atoms with Gasteiger partial charge in [0, 0.05) is 5.92 Å². The van der Waals surface area contributed by atoms with Crippen molar-refractivity contribution in [2.75, 3.05) is 0 Å². The third-order valence-electron chi connectivity index (χ3n) is 2.21. The van der Waals surface area contributed by atoms with Gasteiger partial charge >= 0.3 is 11.9 Å². The van der Waals surface area contributed by atoms with Crippen molar-refractivity contribution < 1.29 is 19.8 Å². The highest BCUT2D eigenvalue weighted by Gasteiger charge is 2.60. The summed E-state index contributed by atoms with van der Waals surface area (Å²) in [5.41, 5.74) is 5.20. The molecule has 4 N–H and O–H groups in total. The molecule has 6 heteroatoms. The lowest BCUT2D eigenvalue weighted by Gasteiger charge is -2.02. The van der Waals surface area contributed by atoms with Gasteiger partial charge in [0.15, 0.2) is 0 Å². The molecule has 0 amide bonds. The number of hydrogen-bond acceptors (Lipinski definition) is 4. The molecule has 0 aliphatic heterocycles. The molecular formula is C7H8N2O4. The smallest absolute Gasteiger partial charge is 0.320 e. The summed E-state index contributed by atoms with van der Waals surface area (Å²) in [6.45, 7) is 0. The van der Waals surface area contributed by atoms with E-state index >= 15 is 0 Å². The van der Waals surface area contributed by atoms with E-state index in [4.69, 9.17) is 21.2 Å². The van der Waals surface area contributed by atoms with E-state index in [1.165, 1.54) is 0 Å². The van der Waals surface area contributed by atoms with Crippen LogP contribution in [0, 0.1) is 29.1 Å². The Morgan fingerprint density at radius 1 is 1.46 bits per heavy atom. The van der Waals surface area contributed by atoms with Crippen LogP contribution in [0.5, 0.6) is 0 Å². The van der Waals surface area contributed by atoms with Crippen LogP contribution >= 0.6 is 0 Å². The van der Waals surface area contributed by atoms with Gasteiger partial charge in [0.1, 0.15) is 6.04 Å². The Morgan fingerprint density at radius 3 is 2.23 bits per heavy atom. The molecule has 0 aromatic carbocycles. The first kappa shape index (κ1) is 9.48. The zero-order chi connectivity index (χ0) is 10.2. The van der Waals surface area contributed by atoms with Crippen LogP contribution in [0.3, 0.4) is 0 Å². The molecule has 0 spiro atoms. The fraction of sp³-hybridized carbons (Fsp3) is 0.571. The molecule has 70 valence electrons. The van der Waals surface area contributed by atoms with E-state index in [2.05, 4.69) is 0 Å². The highest BCUT2D eigenvalue weighted by Crippen LogP contribution is 2.47. The first-order valence-electron chi connectivity index (χ1n) is 3.61. The van der Waals surface area contributed by atoms with Crippen molar-refractivity contribution in [3.63, 3.8) is 0 Å². The Bertz CT molecular complexity index is 295. The average Bonchev–Trinajstić information content (AvgIpc) is 2.76. The number of carbonyl (C=O) groups is 2. The Balaban J connectivity index is 2.70. The summed E-state index contributed by atoms with van der Waals surface area (Å²) >= 11 is 0. The molecule has 0 radical (unpaired) electrons. The predicted molar refractivity (Wildman–Crippen MR) is 39.3 cm³/mol. The standard InChI is InChI=1S/C7H8N2O4/c8-1-2-3(4(2)6(10)11)5(9)7(12)13/h2-5H,9H2,(H,10,11)(H,12,13)/t2?,3?,4?,5-/m0/s1. The van der Waals surface area contributed by atoms with Crippen molar-refractivity contribution in [3.05, 3.63) is 0 Å². The molecule has 1 aliphatic rings. The van der Waals surface area contributed by atoms with Crippen molar-refractivity contribution in [1.29, 1.82) is 5.26 Å². The quantitative estimate of drug-likeness (QED) is 0.509. The average molecular weight is 184 g/mol. The van der Waals surface area contributed by atoms with E-state index in [1.807, 2.05) is 0 Å². The second-order valence-electron chi connectivity index (χ2n) is 2.96. The van der Waals surface area contributed by atoms with Gasteiger partial charge < -0.3 is 15.9 Å². The molecule has 6 nitrogen and oxygen atoms in total. The van der Waals surface area contributed by atoms with E-state index in [0.29, 0.717) is 0 Å². The predicted octanol–water partition coefficient (Wildman–Crippen LogP) is -1.13. The number of rotatable bonds is 3. The molecule has 0 aromatic heterocycles. The third kappa shape index (κ3) is 1.46. The minimum atomic E-state index is -1.27. The number of nitriles is 1. The second-order valence-corrected chi connectivity index (χ2v) is 2.96. The molecule has 1 saturated carbocycles. The van der Waals surface area contributed by atoms with Crippen LogP contribution in [0.4, 0.5) is 0 Å². The number of hydrogen-bond donors (Lipinski definition) is 3. The number of nitrogens with zero attached hydrogens (tertiary/aromatic N) is 1. The van der Waals surface area contributed by atoms with Gasteiger partial charge in [-0.25, -0.2) is 0 Å². The van der Waals surface area contributed by atoms with Crippen molar-refractivity contribution in [2.24, 2.45) is 23.5 Å². The molecular weight excluding hydrogens is 176 g/mol. The number of carboxylic acids is 2. The Hall–Kier alpha value is -1.61. The first-order valence-corrected chi connectivity index (χ1v) is 3.61. The lowest BCUT2D eigenvalue weighted by Crippen LogP contribution is -2.34. The molecule has 0 bridgehead atoms. The summed E-state index contributed by atoms with van der Waals surface area (Å²) in [7, 11) is 0. The minimum absolute atomic E-state index is 0.750. The first-order chi connectivity index (χ1) is 6.00. The van der Waals surface area contributed by atoms with E-state index < -0.39 is 35.7 Å². The lowest BCUT2D eigenvalue weighted by molar-refractivity contribution is -0.140. The molecule has 13 heavy (non-hydrogen) atoms. The van der Waals surface area contributed by atoms with Crippen LogP contribution in [0.2, 0.25) is 0 Å². The zero-order valence-corrected chi connectivity index (χ0v) is 6.54. The van der Waals surface area contributed by atoms with Crippen molar-refractivity contribution in [1.82, 2.24) is 0 Å². The van der Waals surface area contributed by atoms with Gasteiger partial charge in [0.25, 0.3) is 0 Å². The van der Waals surface area contributed by atoms with E-state index in [1.54, 1.807) is 6.07 Å².